The monoisotopic (exact) mass is 519 g/mol. The molecule has 0 spiro atoms. The van der Waals surface area contributed by atoms with Crippen LogP contribution < -0.4 is 16.2 Å². The number of aryl methyl sites for hydroxylation is 1. The van der Waals surface area contributed by atoms with Crippen molar-refractivity contribution < 1.29 is 9.59 Å². The third-order valence-corrected chi connectivity index (χ3v) is 7.78. The number of pyridine rings is 2. The second kappa shape index (κ2) is 10.3. The maximum atomic E-state index is 13.2. The van der Waals surface area contributed by atoms with Crippen LogP contribution in [0.25, 0.3) is 15.3 Å². The van der Waals surface area contributed by atoms with E-state index >= 15 is 0 Å². The second-order valence-electron chi connectivity index (χ2n) is 9.46. The first-order valence-electron chi connectivity index (χ1n) is 12.3. The Morgan fingerprint density at radius 2 is 2.05 bits per heavy atom. The molecule has 10 nitrogen and oxygen atoms in total. The summed E-state index contributed by atoms with van der Waals surface area (Å²) in [5.74, 6) is -0.409. The first-order valence-corrected chi connectivity index (χ1v) is 13.1. The summed E-state index contributed by atoms with van der Waals surface area (Å²) in [6, 6.07) is 5.31. The summed E-state index contributed by atoms with van der Waals surface area (Å²) < 4.78 is 1.59. The van der Waals surface area contributed by atoms with Crippen LogP contribution in [0.1, 0.15) is 49.2 Å². The van der Waals surface area contributed by atoms with Crippen LogP contribution in [-0.2, 0) is 4.79 Å². The molecule has 11 heteroatoms. The third-order valence-electron chi connectivity index (χ3n) is 6.64. The largest absolute Gasteiger partial charge is 0.329 e. The number of amides is 2. The molecule has 0 saturated carbocycles. The lowest BCUT2D eigenvalue weighted by molar-refractivity contribution is -0.123. The van der Waals surface area contributed by atoms with E-state index in [0.717, 1.165) is 25.8 Å². The Morgan fingerprint density at radius 1 is 1.22 bits per heavy atom. The van der Waals surface area contributed by atoms with Gasteiger partial charge in [0.15, 0.2) is 0 Å². The van der Waals surface area contributed by atoms with Crippen molar-refractivity contribution in [2.24, 2.45) is 0 Å². The number of nitrogens with zero attached hydrogens (tertiary/aromatic N) is 4. The maximum absolute atomic E-state index is 13.2. The van der Waals surface area contributed by atoms with Gasteiger partial charge in [-0.3, -0.25) is 24.3 Å². The first-order chi connectivity index (χ1) is 17.8. The molecule has 5 heterocycles. The van der Waals surface area contributed by atoms with Crippen LogP contribution in [0.2, 0.25) is 0 Å². The predicted octanol–water partition coefficient (Wildman–Crippen LogP) is 3.91. The van der Waals surface area contributed by atoms with Crippen LogP contribution in [-0.4, -0.2) is 54.9 Å². The van der Waals surface area contributed by atoms with Crippen LogP contribution >= 0.6 is 11.3 Å². The number of hydrogen-bond donors (Lipinski definition) is 3. The predicted molar refractivity (Wildman–Crippen MR) is 144 cm³/mol. The number of thiazole rings is 1. The van der Waals surface area contributed by atoms with Gasteiger partial charge in [-0.05, 0) is 58.4 Å². The van der Waals surface area contributed by atoms with Crippen molar-refractivity contribution in [1.29, 1.82) is 0 Å². The van der Waals surface area contributed by atoms with Crippen LogP contribution in [0.3, 0.4) is 0 Å². The van der Waals surface area contributed by atoms with Gasteiger partial charge in [-0.2, -0.15) is 5.10 Å². The van der Waals surface area contributed by atoms with E-state index in [9.17, 15) is 14.4 Å². The summed E-state index contributed by atoms with van der Waals surface area (Å²) in [6.45, 7) is 6.91. The zero-order valence-electron chi connectivity index (χ0n) is 20.9. The van der Waals surface area contributed by atoms with E-state index in [1.807, 2.05) is 0 Å². The van der Waals surface area contributed by atoms with Crippen molar-refractivity contribution in [2.75, 3.05) is 17.2 Å². The van der Waals surface area contributed by atoms with Gasteiger partial charge in [0.25, 0.3) is 11.5 Å². The van der Waals surface area contributed by atoms with E-state index in [2.05, 4.69) is 44.4 Å². The zero-order chi connectivity index (χ0) is 26.1. The Hall–Kier alpha value is -3.83. The Bertz CT molecular complexity index is 1520. The highest BCUT2D eigenvalue weighted by molar-refractivity contribution is 7.21. The number of H-pyrrole nitrogens is 1. The average molecular weight is 520 g/mol. The van der Waals surface area contributed by atoms with E-state index < -0.39 is 0 Å². The highest BCUT2D eigenvalue weighted by Gasteiger charge is 2.30. The van der Waals surface area contributed by atoms with E-state index in [0.29, 0.717) is 37.9 Å². The quantitative estimate of drug-likeness (QED) is 0.355. The number of carbonyl (C=O) groups excluding carboxylic acids is 2. The number of rotatable bonds is 6. The average Bonchev–Trinajstić information content (AvgIpc) is 3.47. The summed E-state index contributed by atoms with van der Waals surface area (Å²) in [5, 5.41) is 10.2. The Balaban J connectivity index is 1.35. The lowest BCUT2D eigenvalue weighted by atomic mass is 9.99. The van der Waals surface area contributed by atoms with Crippen molar-refractivity contribution >= 4 is 39.4 Å². The van der Waals surface area contributed by atoms with Crippen LogP contribution in [0, 0.1) is 6.92 Å². The van der Waals surface area contributed by atoms with Crippen molar-refractivity contribution in [3.8, 4) is 10.4 Å². The third kappa shape index (κ3) is 5.05. The fourth-order valence-electron chi connectivity index (χ4n) is 4.68. The topological polar surface area (TPSA) is 124 Å². The van der Waals surface area contributed by atoms with Gasteiger partial charge in [0.1, 0.15) is 4.83 Å². The number of anilines is 2. The normalized spacial score (nSPS) is 16.3. The van der Waals surface area contributed by atoms with Crippen molar-refractivity contribution in [3.05, 3.63) is 64.6 Å². The molecule has 3 N–H and O–H groups in total. The van der Waals surface area contributed by atoms with E-state index in [1.54, 1.807) is 48.2 Å². The molecule has 0 aromatic carbocycles. The molecule has 0 bridgehead atoms. The van der Waals surface area contributed by atoms with Crippen LogP contribution in [0.5, 0.6) is 0 Å². The molecule has 1 aliphatic rings. The fourth-order valence-corrected chi connectivity index (χ4v) is 5.76. The molecule has 37 heavy (non-hydrogen) atoms. The SMILES string of the molecule is Cc1ncc(NC(=O)C2CCCCN2C(C)C)cc1NC(=O)c1cnn2cc(-c3ccc[nH]c3=O)sc12. The number of carbonyl (C=O) groups is 2. The minimum absolute atomic E-state index is 0.0586. The van der Waals surface area contributed by atoms with Gasteiger partial charge >= 0.3 is 0 Å². The highest BCUT2D eigenvalue weighted by Crippen LogP contribution is 2.29. The number of aromatic amines is 1. The Kier molecular flexibility index (Phi) is 6.90. The maximum Gasteiger partial charge on any atom is 0.260 e. The minimum Gasteiger partial charge on any atom is -0.329 e. The molecule has 0 aliphatic carbocycles. The summed E-state index contributed by atoms with van der Waals surface area (Å²) in [5.41, 5.74) is 2.35. The summed E-state index contributed by atoms with van der Waals surface area (Å²) in [7, 11) is 0. The molecular formula is C26H29N7O3S. The second-order valence-corrected chi connectivity index (χ2v) is 10.5. The van der Waals surface area contributed by atoms with Gasteiger partial charge in [0.05, 0.1) is 51.5 Å². The summed E-state index contributed by atoms with van der Waals surface area (Å²) in [6.07, 6.45) is 9.35. The smallest absolute Gasteiger partial charge is 0.260 e. The summed E-state index contributed by atoms with van der Waals surface area (Å²) >= 11 is 1.31. The number of nitrogens with one attached hydrogen (secondary N) is 3. The van der Waals surface area contributed by atoms with E-state index in [4.69, 9.17) is 0 Å². The molecule has 192 valence electrons. The van der Waals surface area contributed by atoms with E-state index in [-0.39, 0.29) is 29.5 Å². The van der Waals surface area contributed by atoms with Gasteiger partial charge in [-0.25, -0.2) is 4.52 Å². The number of piperidine rings is 1. The fraction of sp³-hybridized carbons (Fsp3) is 0.346. The molecule has 1 fully saturated rings. The lowest BCUT2D eigenvalue weighted by Crippen LogP contribution is -2.50. The van der Waals surface area contributed by atoms with Crippen LogP contribution in [0.15, 0.2) is 47.8 Å². The molecule has 1 aliphatic heterocycles. The molecule has 1 atom stereocenters. The van der Waals surface area contributed by atoms with Crippen molar-refractivity contribution in [3.63, 3.8) is 0 Å². The number of hydrogen-bond acceptors (Lipinski definition) is 7. The number of aromatic nitrogens is 4. The van der Waals surface area contributed by atoms with Crippen molar-refractivity contribution in [2.45, 2.75) is 52.1 Å². The Labute approximate surface area is 217 Å². The molecule has 2 amide bonds. The molecule has 5 rings (SSSR count). The van der Waals surface area contributed by atoms with Gasteiger partial charge in [-0.15, -0.1) is 11.3 Å². The first kappa shape index (κ1) is 24.8. The van der Waals surface area contributed by atoms with Gasteiger partial charge in [0.2, 0.25) is 5.91 Å². The molecule has 4 aromatic heterocycles. The van der Waals surface area contributed by atoms with Crippen LogP contribution in [0.4, 0.5) is 11.4 Å². The number of fused-ring (bicyclic) bond motifs is 1. The molecule has 4 aromatic rings. The standard InChI is InChI=1S/C26H29N7O3S/c1-15(2)32-10-5-4-8-21(32)25(36)30-17-11-20(16(3)28-12-17)31-24(35)19-13-29-33-14-22(37-26(19)33)18-7-6-9-27-23(18)34/h6-7,9,11-15,21H,4-5,8,10H2,1-3H3,(H,27,34)(H,30,36)(H,31,35). The molecular weight excluding hydrogens is 490 g/mol. The summed E-state index contributed by atoms with van der Waals surface area (Å²) in [4.78, 5) is 49.1. The molecule has 1 unspecified atom stereocenters. The van der Waals surface area contributed by atoms with Gasteiger partial charge in [0, 0.05) is 18.4 Å². The van der Waals surface area contributed by atoms with E-state index in [1.165, 1.54) is 17.5 Å². The molecule has 1 saturated heterocycles. The lowest BCUT2D eigenvalue weighted by Gasteiger charge is -2.37. The minimum atomic E-state index is -0.350. The highest BCUT2D eigenvalue weighted by atomic mass is 32.1. The number of likely N-dealkylation sites (tertiary alicyclic amines) is 1. The van der Waals surface area contributed by atoms with Gasteiger partial charge in [-0.1, -0.05) is 6.42 Å². The van der Waals surface area contributed by atoms with Gasteiger partial charge < -0.3 is 15.6 Å². The van der Waals surface area contributed by atoms with Crippen molar-refractivity contribution in [1.82, 2.24) is 24.5 Å². The zero-order valence-corrected chi connectivity index (χ0v) is 21.8. The molecule has 0 radical (unpaired) electrons. The Morgan fingerprint density at radius 3 is 2.84 bits per heavy atom.